The quantitative estimate of drug-likeness (QED) is 0.804. The summed E-state index contributed by atoms with van der Waals surface area (Å²) in [5.41, 5.74) is 6.73. The Bertz CT molecular complexity index is 605. The highest BCUT2D eigenvalue weighted by atomic mass is 19.1. The van der Waals surface area contributed by atoms with E-state index in [0.717, 1.165) is 5.56 Å². The third-order valence-corrected chi connectivity index (χ3v) is 2.60. The van der Waals surface area contributed by atoms with Crippen molar-refractivity contribution in [3.05, 3.63) is 63.8 Å². The summed E-state index contributed by atoms with van der Waals surface area (Å²) in [5.74, 6) is -0.458. The maximum absolute atomic E-state index is 13.7. The number of nitrogens with zero attached hydrogens (tertiary/aromatic N) is 1. The predicted octanol–water partition coefficient (Wildman–Crippen LogP) is 1.93. The molecule has 17 heavy (non-hydrogen) atoms. The second kappa shape index (κ2) is 4.41. The molecule has 0 atom stereocenters. The van der Waals surface area contributed by atoms with Crippen molar-refractivity contribution in [3.63, 3.8) is 0 Å². The molecule has 0 aliphatic rings. The van der Waals surface area contributed by atoms with Crippen LogP contribution in [0.5, 0.6) is 0 Å². The van der Waals surface area contributed by atoms with Crippen LogP contribution >= 0.6 is 0 Å². The monoisotopic (exact) mass is 232 g/mol. The first-order chi connectivity index (χ1) is 8.08. The van der Waals surface area contributed by atoms with Crippen LogP contribution in [0.2, 0.25) is 0 Å². The highest BCUT2D eigenvalue weighted by Crippen LogP contribution is 2.15. The Balaban J connectivity index is 2.38. The largest absolute Gasteiger partial charge is 0.396 e. The van der Waals surface area contributed by atoms with Crippen molar-refractivity contribution in [3.8, 4) is 0 Å². The summed E-state index contributed by atoms with van der Waals surface area (Å²) < 4.78 is 15.1. The Morgan fingerprint density at radius 1 is 1.35 bits per heavy atom. The number of nitrogens with two attached hydrogens (primary N) is 1. The molecular formula is C13H13FN2O. The van der Waals surface area contributed by atoms with E-state index in [4.69, 9.17) is 5.73 Å². The van der Waals surface area contributed by atoms with E-state index in [1.807, 2.05) is 13.0 Å². The standard InChI is InChI=1S/C13H13FN2O/c1-9-5-6-16(12(17)7-9)8-10-3-2-4-11(15)13(10)14/h2-7H,8,15H2,1H3. The number of aryl methyl sites for hydroxylation is 1. The molecule has 1 heterocycles. The lowest BCUT2D eigenvalue weighted by atomic mass is 10.2. The minimum atomic E-state index is -0.458. The van der Waals surface area contributed by atoms with Gasteiger partial charge in [0.15, 0.2) is 5.82 Å². The lowest BCUT2D eigenvalue weighted by molar-refractivity contribution is 0.600. The average molecular weight is 232 g/mol. The van der Waals surface area contributed by atoms with Crippen molar-refractivity contribution >= 4 is 5.69 Å². The van der Waals surface area contributed by atoms with Crippen LogP contribution in [-0.4, -0.2) is 4.57 Å². The topological polar surface area (TPSA) is 48.0 Å². The molecule has 0 amide bonds. The molecular weight excluding hydrogens is 219 g/mol. The van der Waals surface area contributed by atoms with Crippen molar-refractivity contribution < 1.29 is 4.39 Å². The molecule has 0 radical (unpaired) electrons. The van der Waals surface area contributed by atoms with Gasteiger partial charge < -0.3 is 10.3 Å². The van der Waals surface area contributed by atoms with Gasteiger partial charge in [0.05, 0.1) is 12.2 Å². The van der Waals surface area contributed by atoms with Crippen LogP contribution < -0.4 is 11.3 Å². The van der Waals surface area contributed by atoms with E-state index in [-0.39, 0.29) is 17.8 Å². The Morgan fingerprint density at radius 2 is 2.12 bits per heavy atom. The van der Waals surface area contributed by atoms with Crippen molar-refractivity contribution in [1.82, 2.24) is 4.57 Å². The molecule has 2 rings (SSSR count). The van der Waals surface area contributed by atoms with Gasteiger partial charge in [0.25, 0.3) is 5.56 Å². The van der Waals surface area contributed by atoms with Gasteiger partial charge in [0, 0.05) is 17.8 Å². The smallest absolute Gasteiger partial charge is 0.251 e. The SMILES string of the molecule is Cc1ccn(Cc2cccc(N)c2F)c(=O)c1. The van der Waals surface area contributed by atoms with E-state index in [1.165, 1.54) is 16.7 Å². The van der Waals surface area contributed by atoms with Crippen LogP contribution in [0.15, 0.2) is 41.3 Å². The first-order valence-corrected chi connectivity index (χ1v) is 5.28. The third kappa shape index (κ3) is 2.36. The number of hydrogen-bond acceptors (Lipinski definition) is 2. The van der Waals surface area contributed by atoms with Crippen LogP contribution in [0, 0.1) is 12.7 Å². The molecule has 2 aromatic rings. The van der Waals surface area contributed by atoms with Crippen molar-refractivity contribution in [2.75, 3.05) is 5.73 Å². The molecule has 0 saturated carbocycles. The van der Waals surface area contributed by atoms with E-state index in [1.54, 1.807) is 18.3 Å². The van der Waals surface area contributed by atoms with Gasteiger partial charge in [-0.15, -0.1) is 0 Å². The van der Waals surface area contributed by atoms with Gasteiger partial charge in [0.1, 0.15) is 0 Å². The van der Waals surface area contributed by atoms with E-state index < -0.39 is 5.82 Å². The maximum Gasteiger partial charge on any atom is 0.251 e. The Morgan fingerprint density at radius 3 is 2.82 bits per heavy atom. The third-order valence-electron chi connectivity index (χ3n) is 2.60. The first-order valence-electron chi connectivity index (χ1n) is 5.28. The number of halogens is 1. The zero-order chi connectivity index (χ0) is 12.4. The van der Waals surface area contributed by atoms with Crippen LogP contribution in [-0.2, 0) is 6.54 Å². The molecule has 1 aromatic heterocycles. The van der Waals surface area contributed by atoms with Gasteiger partial charge in [0.2, 0.25) is 0 Å². The number of anilines is 1. The van der Waals surface area contributed by atoms with Crippen LogP contribution in [0.25, 0.3) is 0 Å². The number of aromatic nitrogens is 1. The summed E-state index contributed by atoms with van der Waals surface area (Å²) in [6, 6.07) is 8.12. The van der Waals surface area contributed by atoms with Crippen molar-refractivity contribution in [2.45, 2.75) is 13.5 Å². The molecule has 0 aliphatic carbocycles. The van der Waals surface area contributed by atoms with Crippen molar-refractivity contribution in [1.29, 1.82) is 0 Å². The molecule has 4 heteroatoms. The van der Waals surface area contributed by atoms with E-state index in [0.29, 0.717) is 5.56 Å². The molecule has 88 valence electrons. The Labute approximate surface area is 98.3 Å². The average Bonchev–Trinajstić information content (AvgIpc) is 2.28. The molecule has 2 N–H and O–H groups in total. The molecule has 0 aliphatic heterocycles. The van der Waals surface area contributed by atoms with Gasteiger partial charge in [-0.2, -0.15) is 0 Å². The van der Waals surface area contributed by atoms with Gasteiger partial charge in [-0.1, -0.05) is 12.1 Å². The molecule has 0 fully saturated rings. The molecule has 0 bridgehead atoms. The van der Waals surface area contributed by atoms with Gasteiger partial charge in [-0.05, 0) is 24.6 Å². The predicted molar refractivity (Wildman–Crippen MR) is 65.4 cm³/mol. The minimum absolute atomic E-state index is 0.0997. The maximum atomic E-state index is 13.7. The minimum Gasteiger partial charge on any atom is -0.396 e. The lowest BCUT2D eigenvalue weighted by Crippen LogP contribution is -2.20. The summed E-state index contributed by atoms with van der Waals surface area (Å²) in [4.78, 5) is 11.6. The van der Waals surface area contributed by atoms with E-state index in [9.17, 15) is 9.18 Å². The molecule has 3 nitrogen and oxygen atoms in total. The van der Waals surface area contributed by atoms with Gasteiger partial charge in [-0.25, -0.2) is 4.39 Å². The van der Waals surface area contributed by atoms with Crippen molar-refractivity contribution in [2.24, 2.45) is 0 Å². The second-order valence-corrected chi connectivity index (χ2v) is 3.99. The molecule has 0 spiro atoms. The fourth-order valence-corrected chi connectivity index (χ4v) is 1.64. The number of pyridine rings is 1. The fourth-order valence-electron chi connectivity index (χ4n) is 1.64. The van der Waals surface area contributed by atoms with Crippen LogP contribution in [0.4, 0.5) is 10.1 Å². The Hall–Kier alpha value is -2.10. The summed E-state index contributed by atoms with van der Waals surface area (Å²) in [6.07, 6.45) is 1.65. The zero-order valence-corrected chi connectivity index (χ0v) is 9.48. The lowest BCUT2D eigenvalue weighted by Gasteiger charge is -2.08. The fraction of sp³-hybridized carbons (Fsp3) is 0.154. The number of benzene rings is 1. The number of hydrogen-bond donors (Lipinski definition) is 1. The van der Waals surface area contributed by atoms with E-state index >= 15 is 0 Å². The molecule has 0 unspecified atom stereocenters. The van der Waals surface area contributed by atoms with Crippen LogP contribution in [0.3, 0.4) is 0 Å². The van der Waals surface area contributed by atoms with Gasteiger partial charge >= 0.3 is 0 Å². The summed E-state index contributed by atoms with van der Waals surface area (Å²) in [6.45, 7) is 2.03. The molecule has 1 aromatic carbocycles. The highest BCUT2D eigenvalue weighted by molar-refractivity contribution is 5.42. The van der Waals surface area contributed by atoms with Crippen LogP contribution in [0.1, 0.15) is 11.1 Å². The van der Waals surface area contributed by atoms with E-state index in [2.05, 4.69) is 0 Å². The number of nitrogen functional groups attached to an aromatic ring is 1. The summed E-state index contributed by atoms with van der Waals surface area (Å²) >= 11 is 0. The normalized spacial score (nSPS) is 10.5. The zero-order valence-electron chi connectivity index (χ0n) is 9.48. The highest BCUT2D eigenvalue weighted by Gasteiger charge is 2.06. The Kier molecular flexibility index (Phi) is 2.95. The summed E-state index contributed by atoms with van der Waals surface area (Å²) in [7, 11) is 0. The first kappa shape index (κ1) is 11.4. The van der Waals surface area contributed by atoms with Gasteiger partial charge in [-0.3, -0.25) is 4.79 Å². The molecule has 0 saturated heterocycles. The number of rotatable bonds is 2. The summed E-state index contributed by atoms with van der Waals surface area (Å²) in [5, 5.41) is 0. The second-order valence-electron chi connectivity index (χ2n) is 3.99.